The van der Waals surface area contributed by atoms with Gasteiger partial charge >= 0.3 is 12.1 Å². The smallest absolute Gasteiger partial charge is 0.434 e. The number of hydrogen-bond donors (Lipinski definition) is 1. The number of fused-ring (bicyclic) bond motifs is 1. The summed E-state index contributed by atoms with van der Waals surface area (Å²) >= 11 is 0. The molecule has 1 N–H and O–H groups in total. The van der Waals surface area contributed by atoms with Crippen molar-refractivity contribution in [3.8, 4) is 0 Å². The van der Waals surface area contributed by atoms with E-state index in [4.69, 9.17) is 0 Å². The van der Waals surface area contributed by atoms with Gasteiger partial charge in [0.1, 0.15) is 5.65 Å². The minimum Gasteiger partial charge on any atom is -0.481 e. The normalized spacial score (nSPS) is 24.9. The van der Waals surface area contributed by atoms with Crippen molar-refractivity contribution in [3.63, 3.8) is 0 Å². The molecule has 0 bridgehead atoms. The van der Waals surface area contributed by atoms with E-state index in [1.54, 1.807) is 12.1 Å². The number of rotatable bonds is 4. The predicted octanol–water partition coefficient (Wildman–Crippen LogP) is 4.72. The number of alkyl halides is 3. The SMILES string of the molecule is CC[C@@]1(C(=O)O)[C@@H](c2ccccc2)[C@@H]1c1ccn2cc(C(F)(F)F)nc2c1. The van der Waals surface area contributed by atoms with Crippen LogP contribution in [-0.4, -0.2) is 20.5 Å². The second-order valence-electron chi connectivity index (χ2n) is 6.91. The van der Waals surface area contributed by atoms with E-state index in [0.29, 0.717) is 12.0 Å². The summed E-state index contributed by atoms with van der Waals surface area (Å²) in [4.78, 5) is 15.8. The molecule has 1 saturated carbocycles. The number of hydrogen-bond acceptors (Lipinski definition) is 2. The Hall–Kier alpha value is -2.83. The van der Waals surface area contributed by atoms with Gasteiger partial charge in [0.05, 0.1) is 5.41 Å². The Balaban J connectivity index is 1.80. The molecule has 0 amide bonds. The molecule has 140 valence electrons. The van der Waals surface area contributed by atoms with Crippen molar-refractivity contribution in [1.82, 2.24) is 9.38 Å². The minimum absolute atomic E-state index is 0.161. The number of carbonyl (C=O) groups is 1. The van der Waals surface area contributed by atoms with Crippen LogP contribution in [0.5, 0.6) is 0 Å². The van der Waals surface area contributed by atoms with Crippen LogP contribution in [0.25, 0.3) is 5.65 Å². The van der Waals surface area contributed by atoms with Crippen LogP contribution in [-0.2, 0) is 11.0 Å². The number of aliphatic carboxylic acids is 1. The van der Waals surface area contributed by atoms with E-state index in [1.165, 1.54) is 10.6 Å². The highest BCUT2D eigenvalue weighted by atomic mass is 19.4. The van der Waals surface area contributed by atoms with Crippen molar-refractivity contribution in [2.75, 3.05) is 0 Å². The van der Waals surface area contributed by atoms with Crippen LogP contribution >= 0.6 is 0 Å². The zero-order valence-corrected chi connectivity index (χ0v) is 14.4. The molecule has 1 aliphatic rings. The average molecular weight is 374 g/mol. The van der Waals surface area contributed by atoms with Crippen LogP contribution in [0.1, 0.15) is 42.0 Å². The molecule has 0 aliphatic heterocycles. The Labute approximate surface area is 153 Å². The van der Waals surface area contributed by atoms with E-state index in [9.17, 15) is 23.1 Å². The standard InChI is InChI=1S/C20H17F3N2O2/c1-2-19(18(26)27)16(12-6-4-3-5-7-12)17(19)13-8-9-25-11-14(20(21,22)23)24-15(25)10-13/h3-11,16-17H,2H2,1H3,(H,26,27)/t16-,17-,19+/m0/s1. The molecule has 2 aromatic heterocycles. The first-order chi connectivity index (χ1) is 12.8. The summed E-state index contributed by atoms with van der Waals surface area (Å²) in [6.07, 6.45) is -1.65. The Kier molecular flexibility index (Phi) is 3.80. The fourth-order valence-corrected chi connectivity index (χ4v) is 4.26. The molecule has 27 heavy (non-hydrogen) atoms. The number of aromatic nitrogens is 2. The van der Waals surface area contributed by atoms with Crippen LogP contribution in [0.2, 0.25) is 0 Å². The average Bonchev–Trinajstić information content (AvgIpc) is 3.14. The summed E-state index contributed by atoms with van der Waals surface area (Å²) in [6.45, 7) is 1.83. The van der Waals surface area contributed by atoms with Gasteiger partial charge in [-0.15, -0.1) is 0 Å². The summed E-state index contributed by atoms with van der Waals surface area (Å²) in [5, 5.41) is 9.92. The molecule has 1 aromatic carbocycles. The third kappa shape index (κ3) is 2.60. The van der Waals surface area contributed by atoms with E-state index >= 15 is 0 Å². The van der Waals surface area contributed by atoms with Gasteiger partial charge < -0.3 is 9.51 Å². The van der Waals surface area contributed by atoms with Gasteiger partial charge in [-0.2, -0.15) is 13.2 Å². The van der Waals surface area contributed by atoms with Crippen LogP contribution in [0, 0.1) is 5.41 Å². The van der Waals surface area contributed by atoms with Crippen LogP contribution < -0.4 is 0 Å². The summed E-state index contributed by atoms with van der Waals surface area (Å²) in [5.41, 5.74) is -0.145. The molecule has 0 saturated heterocycles. The van der Waals surface area contributed by atoms with Crippen LogP contribution in [0.4, 0.5) is 13.2 Å². The quantitative estimate of drug-likeness (QED) is 0.719. The lowest BCUT2D eigenvalue weighted by Crippen LogP contribution is -2.17. The van der Waals surface area contributed by atoms with Crippen molar-refractivity contribution in [2.45, 2.75) is 31.4 Å². The lowest BCUT2D eigenvalue weighted by Gasteiger charge is -2.10. The van der Waals surface area contributed by atoms with E-state index in [1.807, 2.05) is 37.3 Å². The van der Waals surface area contributed by atoms with Crippen LogP contribution in [0.15, 0.2) is 54.9 Å². The highest BCUT2D eigenvalue weighted by Crippen LogP contribution is 2.72. The first-order valence-electron chi connectivity index (χ1n) is 8.63. The van der Waals surface area contributed by atoms with E-state index < -0.39 is 23.3 Å². The number of carboxylic acid groups (broad SMARTS) is 1. The Morgan fingerprint density at radius 2 is 1.85 bits per heavy atom. The fourth-order valence-electron chi connectivity index (χ4n) is 4.26. The van der Waals surface area contributed by atoms with Gasteiger partial charge in [-0.3, -0.25) is 4.79 Å². The highest BCUT2D eigenvalue weighted by Gasteiger charge is 2.69. The Bertz CT molecular complexity index is 1010. The van der Waals surface area contributed by atoms with Crippen molar-refractivity contribution in [2.24, 2.45) is 5.41 Å². The molecule has 1 fully saturated rings. The van der Waals surface area contributed by atoms with Gasteiger partial charge in [0.15, 0.2) is 5.69 Å². The monoisotopic (exact) mass is 374 g/mol. The van der Waals surface area contributed by atoms with Crippen molar-refractivity contribution in [3.05, 3.63) is 71.7 Å². The largest absolute Gasteiger partial charge is 0.481 e. The van der Waals surface area contributed by atoms with Gasteiger partial charge in [0, 0.05) is 24.2 Å². The Morgan fingerprint density at radius 3 is 2.44 bits per heavy atom. The first kappa shape index (κ1) is 17.6. The lowest BCUT2D eigenvalue weighted by atomic mass is 9.95. The molecule has 0 spiro atoms. The summed E-state index contributed by atoms with van der Waals surface area (Å²) < 4.78 is 40.0. The molecule has 1 aliphatic carbocycles. The number of imidazole rings is 1. The Morgan fingerprint density at radius 1 is 1.19 bits per heavy atom. The molecule has 0 radical (unpaired) electrons. The summed E-state index contributed by atoms with van der Waals surface area (Å²) in [7, 11) is 0. The zero-order chi connectivity index (χ0) is 19.4. The minimum atomic E-state index is -4.52. The molecule has 4 nitrogen and oxygen atoms in total. The van der Waals surface area contributed by atoms with Crippen molar-refractivity contribution >= 4 is 11.6 Å². The summed E-state index contributed by atoms with van der Waals surface area (Å²) in [5.74, 6) is -1.41. The number of nitrogens with zero attached hydrogens (tertiary/aromatic N) is 2. The zero-order valence-electron chi connectivity index (χ0n) is 14.4. The topological polar surface area (TPSA) is 54.6 Å². The van der Waals surface area contributed by atoms with Gasteiger partial charge in [0.2, 0.25) is 0 Å². The first-order valence-corrected chi connectivity index (χ1v) is 8.63. The van der Waals surface area contributed by atoms with Gasteiger partial charge in [0.25, 0.3) is 0 Å². The second kappa shape index (κ2) is 5.84. The maximum atomic E-state index is 12.9. The third-order valence-corrected chi connectivity index (χ3v) is 5.61. The van der Waals surface area contributed by atoms with Crippen molar-refractivity contribution in [1.29, 1.82) is 0 Å². The molecule has 3 atom stereocenters. The van der Waals surface area contributed by atoms with Crippen LogP contribution in [0.3, 0.4) is 0 Å². The van der Waals surface area contributed by atoms with Gasteiger partial charge in [-0.1, -0.05) is 37.3 Å². The maximum Gasteiger partial charge on any atom is 0.434 e. The molecular weight excluding hydrogens is 357 g/mol. The third-order valence-electron chi connectivity index (χ3n) is 5.61. The fraction of sp³-hybridized carbons (Fsp3) is 0.300. The molecular formula is C20H17F3N2O2. The highest BCUT2D eigenvalue weighted by molar-refractivity contribution is 5.84. The number of pyridine rings is 1. The number of halogens is 3. The van der Waals surface area contributed by atoms with Crippen molar-refractivity contribution < 1.29 is 23.1 Å². The van der Waals surface area contributed by atoms with E-state index in [-0.39, 0.29) is 17.5 Å². The number of carboxylic acids is 1. The molecule has 7 heteroatoms. The lowest BCUT2D eigenvalue weighted by molar-refractivity contribution is -0.144. The molecule has 3 aromatic rings. The van der Waals surface area contributed by atoms with Gasteiger partial charge in [-0.25, -0.2) is 4.98 Å². The maximum absolute atomic E-state index is 12.9. The summed E-state index contributed by atoms with van der Waals surface area (Å²) in [6, 6.07) is 12.6. The van der Waals surface area contributed by atoms with E-state index in [2.05, 4.69) is 4.98 Å². The predicted molar refractivity (Wildman–Crippen MR) is 92.5 cm³/mol. The molecule has 0 unspecified atom stereocenters. The molecule has 4 rings (SSSR count). The number of benzene rings is 1. The second-order valence-corrected chi connectivity index (χ2v) is 6.91. The molecule has 2 heterocycles. The van der Waals surface area contributed by atoms with Gasteiger partial charge in [-0.05, 0) is 29.7 Å². The van der Waals surface area contributed by atoms with E-state index in [0.717, 1.165) is 11.8 Å².